The van der Waals surface area contributed by atoms with Crippen LogP contribution in [-0.2, 0) is 6.42 Å². The summed E-state index contributed by atoms with van der Waals surface area (Å²) in [6.45, 7) is 1.67. The Morgan fingerprint density at radius 2 is 2.05 bits per heavy atom. The van der Waals surface area contributed by atoms with Crippen molar-refractivity contribution in [2.45, 2.75) is 25.2 Å². The second-order valence-electron chi connectivity index (χ2n) is 5.13. The predicted octanol–water partition coefficient (Wildman–Crippen LogP) is 2.69. The Morgan fingerprint density at radius 1 is 1.29 bits per heavy atom. The van der Waals surface area contributed by atoms with E-state index in [0.29, 0.717) is 5.75 Å². The molecule has 1 aliphatic carbocycles. The van der Waals surface area contributed by atoms with Gasteiger partial charge in [0.25, 0.3) is 0 Å². The molecule has 0 spiro atoms. The number of methoxy groups -OCH3 is 2. The lowest BCUT2D eigenvalue weighted by Gasteiger charge is -2.28. The second-order valence-corrected chi connectivity index (χ2v) is 5.13. The largest absolute Gasteiger partial charge is 0.492 e. The van der Waals surface area contributed by atoms with Gasteiger partial charge >= 0.3 is 0 Å². The zero-order chi connectivity index (χ0) is 14.1. The van der Waals surface area contributed by atoms with Crippen molar-refractivity contribution in [2.24, 2.45) is 4.99 Å². The highest BCUT2D eigenvalue weighted by Crippen LogP contribution is 2.43. The molecule has 1 unspecified atom stereocenters. The highest BCUT2D eigenvalue weighted by molar-refractivity contribution is 5.91. The minimum Gasteiger partial charge on any atom is -0.492 e. The van der Waals surface area contributed by atoms with Crippen molar-refractivity contribution in [3.05, 3.63) is 23.0 Å². The molecule has 0 aromatic heterocycles. The zero-order valence-electron chi connectivity index (χ0n) is 12.2. The van der Waals surface area contributed by atoms with Crippen LogP contribution in [0.25, 0.3) is 0 Å². The summed E-state index contributed by atoms with van der Waals surface area (Å²) in [6.07, 6.45) is 2.93. The van der Waals surface area contributed by atoms with Crippen molar-refractivity contribution in [1.82, 2.24) is 5.32 Å². The fourth-order valence-electron chi connectivity index (χ4n) is 3.21. The van der Waals surface area contributed by atoms with Crippen molar-refractivity contribution in [1.29, 1.82) is 0 Å². The van der Waals surface area contributed by atoms with Crippen molar-refractivity contribution in [3.63, 3.8) is 0 Å². The first-order chi connectivity index (χ1) is 9.76. The standard InChI is InChI=1S/C15H19FN2O2.ClH/c1-19-13-9-4-3-5-10(15-17-6-7-18-15)11(9)8-12(16)14(13)20-2;/h8,10H,3-7H2,1-2H3,(H,17,18);1H. The average molecular weight is 315 g/mol. The summed E-state index contributed by atoms with van der Waals surface area (Å²) in [7, 11) is 3.03. The van der Waals surface area contributed by atoms with E-state index >= 15 is 0 Å². The van der Waals surface area contributed by atoms with Crippen LogP contribution in [0.1, 0.15) is 29.9 Å². The van der Waals surface area contributed by atoms with Gasteiger partial charge in [0, 0.05) is 18.0 Å². The number of fused-ring (bicyclic) bond motifs is 1. The van der Waals surface area contributed by atoms with E-state index in [9.17, 15) is 4.39 Å². The molecule has 0 radical (unpaired) electrons. The molecule has 0 amide bonds. The summed E-state index contributed by atoms with van der Waals surface area (Å²) in [5.74, 6) is 1.50. The zero-order valence-corrected chi connectivity index (χ0v) is 13.1. The minimum absolute atomic E-state index is 0. The number of ether oxygens (including phenoxy) is 2. The molecule has 1 atom stereocenters. The van der Waals surface area contributed by atoms with Crippen LogP contribution in [-0.4, -0.2) is 33.1 Å². The van der Waals surface area contributed by atoms with Gasteiger partial charge in [0.2, 0.25) is 0 Å². The number of halogens is 2. The Morgan fingerprint density at radius 3 is 2.67 bits per heavy atom. The van der Waals surface area contributed by atoms with Crippen LogP contribution in [0.5, 0.6) is 11.5 Å². The van der Waals surface area contributed by atoms with Crippen molar-refractivity contribution < 1.29 is 13.9 Å². The van der Waals surface area contributed by atoms with E-state index in [1.807, 2.05) is 0 Å². The van der Waals surface area contributed by atoms with Crippen molar-refractivity contribution in [2.75, 3.05) is 27.3 Å². The lowest BCUT2D eigenvalue weighted by molar-refractivity contribution is 0.332. The van der Waals surface area contributed by atoms with Crippen LogP contribution in [0, 0.1) is 5.82 Å². The smallest absolute Gasteiger partial charge is 0.197 e. The minimum atomic E-state index is -0.367. The van der Waals surface area contributed by atoms with Gasteiger partial charge in [0.1, 0.15) is 5.84 Å². The van der Waals surface area contributed by atoms with Gasteiger partial charge in [-0.15, -0.1) is 12.4 Å². The maximum atomic E-state index is 14.2. The molecule has 1 aromatic rings. The summed E-state index contributed by atoms with van der Waals surface area (Å²) >= 11 is 0. The van der Waals surface area contributed by atoms with E-state index in [1.54, 1.807) is 13.2 Å². The Bertz CT molecular complexity index is 563. The highest BCUT2D eigenvalue weighted by atomic mass is 35.5. The number of amidine groups is 1. The van der Waals surface area contributed by atoms with Crippen molar-refractivity contribution >= 4 is 18.2 Å². The van der Waals surface area contributed by atoms with Crippen LogP contribution in [0.3, 0.4) is 0 Å². The normalized spacial score (nSPS) is 20.0. The second kappa shape index (κ2) is 6.52. The molecule has 0 saturated heterocycles. The SMILES string of the molecule is COc1c(F)cc2c(c1OC)CCCC2C1=NCCN1.Cl. The first-order valence-corrected chi connectivity index (χ1v) is 6.97. The quantitative estimate of drug-likeness (QED) is 0.933. The molecule has 0 fully saturated rings. The number of hydrogen-bond donors (Lipinski definition) is 1. The highest BCUT2D eigenvalue weighted by Gasteiger charge is 2.31. The lowest BCUT2D eigenvalue weighted by Crippen LogP contribution is -2.28. The maximum absolute atomic E-state index is 14.2. The molecule has 0 saturated carbocycles. The van der Waals surface area contributed by atoms with Gasteiger partial charge in [-0.25, -0.2) is 4.39 Å². The number of rotatable bonds is 3. The Hall–Kier alpha value is -1.49. The van der Waals surface area contributed by atoms with Gasteiger partial charge in [0.15, 0.2) is 17.3 Å². The summed E-state index contributed by atoms with van der Waals surface area (Å²) in [4.78, 5) is 4.50. The topological polar surface area (TPSA) is 42.9 Å². The summed E-state index contributed by atoms with van der Waals surface area (Å²) in [5, 5.41) is 3.31. The van der Waals surface area contributed by atoms with Crippen LogP contribution < -0.4 is 14.8 Å². The molecule has 3 rings (SSSR count). The average Bonchev–Trinajstić information content (AvgIpc) is 2.99. The van der Waals surface area contributed by atoms with E-state index in [-0.39, 0.29) is 29.9 Å². The predicted molar refractivity (Wildman–Crippen MR) is 82.7 cm³/mol. The third-order valence-electron chi connectivity index (χ3n) is 4.06. The van der Waals surface area contributed by atoms with Crippen LogP contribution >= 0.6 is 12.4 Å². The van der Waals surface area contributed by atoms with E-state index in [0.717, 1.165) is 49.3 Å². The number of aliphatic imine (C=N–C) groups is 1. The number of benzene rings is 1. The number of nitrogens with one attached hydrogen (secondary N) is 1. The van der Waals surface area contributed by atoms with E-state index in [4.69, 9.17) is 9.47 Å². The molecule has 0 bridgehead atoms. The van der Waals surface area contributed by atoms with E-state index in [1.165, 1.54) is 7.11 Å². The molecule has 1 aliphatic heterocycles. The molecular formula is C15H20ClFN2O2. The Kier molecular flexibility index (Phi) is 4.93. The molecule has 21 heavy (non-hydrogen) atoms. The molecular weight excluding hydrogens is 295 g/mol. The molecule has 6 heteroatoms. The first-order valence-electron chi connectivity index (χ1n) is 6.97. The molecule has 1 aromatic carbocycles. The molecule has 116 valence electrons. The van der Waals surface area contributed by atoms with Gasteiger partial charge < -0.3 is 14.8 Å². The third-order valence-corrected chi connectivity index (χ3v) is 4.06. The van der Waals surface area contributed by atoms with Crippen LogP contribution in [0.2, 0.25) is 0 Å². The van der Waals surface area contributed by atoms with E-state index < -0.39 is 0 Å². The van der Waals surface area contributed by atoms with Gasteiger partial charge in [0.05, 0.1) is 20.8 Å². The Balaban J connectivity index is 0.00000161. The third kappa shape index (κ3) is 2.67. The molecule has 2 aliphatic rings. The summed E-state index contributed by atoms with van der Waals surface area (Å²) < 4.78 is 24.8. The Labute approximate surface area is 130 Å². The fourth-order valence-corrected chi connectivity index (χ4v) is 3.21. The molecule has 4 nitrogen and oxygen atoms in total. The van der Waals surface area contributed by atoms with Crippen LogP contribution in [0.4, 0.5) is 4.39 Å². The van der Waals surface area contributed by atoms with Gasteiger partial charge in [-0.3, -0.25) is 4.99 Å². The monoisotopic (exact) mass is 314 g/mol. The molecule has 1 N–H and O–H groups in total. The maximum Gasteiger partial charge on any atom is 0.197 e. The summed E-state index contributed by atoms with van der Waals surface area (Å²) in [5.41, 5.74) is 2.04. The summed E-state index contributed by atoms with van der Waals surface area (Å²) in [6, 6.07) is 1.59. The lowest BCUT2D eigenvalue weighted by atomic mass is 9.81. The van der Waals surface area contributed by atoms with Gasteiger partial charge in [-0.05, 0) is 30.9 Å². The van der Waals surface area contributed by atoms with Gasteiger partial charge in [-0.1, -0.05) is 0 Å². The first kappa shape index (κ1) is 15.9. The molecule has 1 heterocycles. The number of nitrogens with zero attached hydrogens (tertiary/aromatic N) is 1. The fraction of sp³-hybridized carbons (Fsp3) is 0.533. The van der Waals surface area contributed by atoms with Crippen LogP contribution in [0.15, 0.2) is 11.1 Å². The van der Waals surface area contributed by atoms with E-state index in [2.05, 4.69) is 10.3 Å². The number of hydrogen-bond acceptors (Lipinski definition) is 4. The van der Waals surface area contributed by atoms with Crippen molar-refractivity contribution in [3.8, 4) is 11.5 Å². The van der Waals surface area contributed by atoms with Gasteiger partial charge in [-0.2, -0.15) is 0 Å².